The third-order valence-corrected chi connectivity index (χ3v) is 3.11. The summed E-state index contributed by atoms with van der Waals surface area (Å²) >= 11 is 0. The molecule has 0 aliphatic heterocycles. The molecule has 1 atom stereocenters. The second kappa shape index (κ2) is 10.3. The molecule has 0 saturated carbocycles. The summed E-state index contributed by atoms with van der Waals surface area (Å²) in [5.41, 5.74) is 1.02. The van der Waals surface area contributed by atoms with Crippen molar-refractivity contribution < 1.29 is 23.9 Å². The summed E-state index contributed by atoms with van der Waals surface area (Å²) < 4.78 is 10.0. The molecule has 130 valence electrons. The van der Waals surface area contributed by atoms with Crippen molar-refractivity contribution in [1.29, 1.82) is 0 Å². The Balaban J connectivity index is 2.49. The molecule has 6 heteroatoms. The molecule has 1 unspecified atom stereocenters. The Labute approximate surface area is 141 Å². The molecule has 0 radical (unpaired) electrons. The first kappa shape index (κ1) is 19.6. The molecule has 1 rings (SSSR count). The van der Waals surface area contributed by atoms with E-state index in [-0.39, 0.29) is 24.9 Å². The average Bonchev–Trinajstić information content (AvgIpc) is 2.58. The molecule has 1 N–H and O–H groups in total. The smallest absolute Gasteiger partial charge is 0.335 e. The Morgan fingerprint density at radius 3 is 2.50 bits per heavy atom. The Bertz CT molecular complexity index is 580. The SMILES string of the molecule is C=CCOC(C)C(=O)OCC(=O)c1ccc(NC(=O)CCC)cc1. The van der Waals surface area contributed by atoms with Gasteiger partial charge in [0.15, 0.2) is 18.5 Å². The van der Waals surface area contributed by atoms with Gasteiger partial charge >= 0.3 is 5.97 Å². The van der Waals surface area contributed by atoms with Gasteiger partial charge in [-0.15, -0.1) is 6.58 Å². The fourth-order valence-corrected chi connectivity index (χ4v) is 1.81. The molecule has 0 aliphatic rings. The van der Waals surface area contributed by atoms with Crippen molar-refractivity contribution in [2.24, 2.45) is 0 Å². The van der Waals surface area contributed by atoms with Crippen LogP contribution in [0.3, 0.4) is 0 Å². The lowest BCUT2D eigenvalue weighted by molar-refractivity contribution is -0.154. The van der Waals surface area contributed by atoms with Crippen molar-refractivity contribution in [3.8, 4) is 0 Å². The molecule has 1 aromatic rings. The van der Waals surface area contributed by atoms with Crippen molar-refractivity contribution in [3.05, 3.63) is 42.5 Å². The number of ether oxygens (including phenoxy) is 2. The van der Waals surface area contributed by atoms with E-state index in [0.717, 1.165) is 6.42 Å². The van der Waals surface area contributed by atoms with Crippen LogP contribution in [0.4, 0.5) is 5.69 Å². The van der Waals surface area contributed by atoms with Crippen LogP contribution in [0.2, 0.25) is 0 Å². The molecule has 0 fully saturated rings. The maximum absolute atomic E-state index is 12.0. The van der Waals surface area contributed by atoms with Gasteiger partial charge in [-0.2, -0.15) is 0 Å². The minimum absolute atomic E-state index is 0.0704. The highest BCUT2D eigenvalue weighted by Gasteiger charge is 2.16. The first-order valence-electron chi connectivity index (χ1n) is 7.80. The number of anilines is 1. The lowest BCUT2D eigenvalue weighted by atomic mass is 10.1. The zero-order chi connectivity index (χ0) is 17.9. The van der Waals surface area contributed by atoms with Crippen LogP contribution in [0.15, 0.2) is 36.9 Å². The van der Waals surface area contributed by atoms with E-state index in [1.807, 2.05) is 6.92 Å². The first-order chi connectivity index (χ1) is 11.5. The topological polar surface area (TPSA) is 81.7 Å². The van der Waals surface area contributed by atoms with Crippen molar-refractivity contribution in [1.82, 2.24) is 0 Å². The number of carbonyl (C=O) groups excluding carboxylic acids is 3. The van der Waals surface area contributed by atoms with Crippen molar-refractivity contribution in [2.45, 2.75) is 32.8 Å². The normalized spacial score (nSPS) is 11.4. The molecule has 0 bridgehead atoms. The summed E-state index contributed by atoms with van der Waals surface area (Å²) in [7, 11) is 0. The van der Waals surface area contributed by atoms with E-state index in [4.69, 9.17) is 9.47 Å². The fourth-order valence-electron chi connectivity index (χ4n) is 1.81. The van der Waals surface area contributed by atoms with Gasteiger partial charge in [0, 0.05) is 17.7 Å². The number of amides is 1. The van der Waals surface area contributed by atoms with Crippen LogP contribution in [0.5, 0.6) is 0 Å². The fraction of sp³-hybridized carbons (Fsp3) is 0.389. The lowest BCUT2D eigenvalue weighted by Crippen LogP contribution is -2.26. The van der Waals surface area contributed by atoms with E-state index in [0.29, 0.717) is 17.7 Å². The number of carbonyl (C=O) groups is 3. The largest absolute Gasteiger partial charge is 0.455 e. The standard InChI is InChI=1S/C18H23NO5/c1-4-6-17(21)19-15-9-7-14(8-10-15)16(20)12-24-18(22)13(3)23-11-5-2/h5,7-10,13H,2,4,6,11-12H2,1,3H3,(H,19,21). The van der Waals surface area contributed by atoms with Crippen LogP contribution < -0.4 is 5.32 Å². The number of benzene rings is 1. The van der Waals surface area contributed by atoms with Crippen LogP contribution in [0.25, 0.3) is 0 Å². The summed E-state index contributed by atoms with van der Waals surface area (Å²) in [6.07, 6.45) is 1.98. The van der Waals surface area contributed by atoms with E-state index in [1.165, 1.54) is 6.08 Å². The zero-order valence-electron chi connectivity index (χ0n) is 14.0. The predicted octanol–water partition coefficient (Wildman–Crippen LogP) is 2.74. The molecule has 1 amide bonds. The molecule has 0 heterocycles. The Hall–Kier alpha value is -2.47. The van der Waals surface area contributed by atoms with Crippen LogP contribution in [-0.4, -0.2) is 37.0 Å². The molecular weight excluding hydrogens is 310 g/mol. The highest BCUT2D eigenvalue weighted by molar-refractivity contribution is 5.99. The minimum atomic E-state index is -0.757. The van der Waals surface area contributed by atoms with Crippen LogP contribution in [0.1, 0.15) is 37.0 Å². The first-order valence-corrected chi connectivity index (χ1v) is 7.80. The van der Waals surface area contributed by atoms with Gasteiger partial charge in [0.2, 0.25) is 5.91 Å². The van der Waals surface area contributed by atoms with Gasteiger partial charge < -0.3 is 14.8 Å². The van der Waals surface area contributed by atoms with Gasteiger partial charge in [0.1, 0.15) is 0 Å². The zero-order valence-corrected chi connectivity index (χ0v) is 14.0. The van der Waals surface area contributed by atoms with Gasteiger partial charge in [0.05, 0.1) is 6.61 Å². The quantitative estimate of drug-likeness (QED) is 0.404. The number of rotatable bonds is 10. The number of esters is 1. The molecule has 0 aromatic heterocycles. The third-order valence-electron chi connectivity index (χ3n) is 3.11. The summed E-state index contributed by atoms with van der Waals surface area (Å²) in [5, 5.41) is 2.73. The maximum atomic E-state index is 12.0. The molecular formula is C18H23NO5. The van der Waals surface area contributed by atoms with E-state index in [2.05, 4.69) is 11.9 Å². The molecule has 6 nitrogen and oxygen atoms in total. The van der Waals surface area contributed by atoms with Gasteiger partial charge in [-0.25, -0.2) is 4.79 Å². The Morgan fingerprint density at radius 1 is 1.25 bits per heavy atom. The minimum Gasteiger partial charge on any atom is -0.455 e. The lowest BCUT2D eigenvalue weighted by Gasteiger charge is -2.11. The number of hydrogen-bond donors (Lipinski definition) is 1. The van der Waals surface area contributed by atoms with Crippen LogP contribution >= 0.6 is 0 Å². The summed E-state index contributed by atoms with van der Waals surface area (Å²) in [6, 6.07) is 6.43. The second-order valence-corrected chi connectivity index (χ2v) is 5.17. The monoisotopic (exact) mass is 333 g/mol. The highest BCUT2D eigenvalue weighted by atomic mass is 16.6. The third kappa shape index (κ3) is 6.75. The van der Waals surface area contributed by atoms with Crippen molar-refractivity contribution >= 4 is 23.3 Å². The molecule has 1 aromatic carbocycles. The van der Waals surface area contributed by atoms with Gasteiger partial charge in [0.25, 0.3) is 0 Å². The maximum Gasteiger partial charge on any atom is 0.335 e. The molecule has 0 spiro atoms. The Morgan fingerprint density at radius 2 is 1.92 bits per heavy atom. The summed E-state index contributed by atoms with van der Waals surface area (Å²) in [6.45, 7) is 6.82. The number of hydrogen-bond acceptors (Lipinski definition) is 5. The van der Waals surface area contributed by atoms with Gasteiger partial charge in [-0.05, 0) is 37.6 Å². The average molecular weight is 333 g/mol. The number of nitrogens with one attached hydrogen (secondary N) is 1. The highest BCUT2D eigenvalue weighted by Crippen LogP contribution is 2.11. The van der Waals surface area contributed by atoms with Crippen LogP contribution in [-0.2, 0) is 19.1 Å². The Kier molecular flexibility index (Phi) is 8.43. The summed E-state index contributed by atoms with van der Waals surface area (Å²) in [5.74, 6) is -1.00. The van der Waals surface area contributed by atoms with Crippen LogP contribution in [0, 0.1) is 0 Å². The number of ketones is 1. The van der Waals surface area contributed by atoms with Gasteiger partial charge in [-0.3, -0.25) is 9.59 Å². The molecule has 24 heavy (non-hydrogen) atoms. The molecule has 0 saturated heterocycles. The second-order valence-electron chi connectivity index (χ2n) is 5.17. The van der Waals surface area contributed by atoms with E-state index >= 15 is 0 Å². The van der Waals surface area contributed by atoms with E-state index < -0.39 is 12.1 Å². The van der Waals surface area contributed by atoms with E-state index in [9.17, 15) is 14.4 Å². The van der Waals surface area contributed by atoms with E-state index in [1.54, 1.807) is 31.2 Å². The molecule has 0 aliphatic carbocycles. The van der Waals surface area contributed by atoms with Gasteiger partial charge in [-0.1, -0.05) is 13.0 Å². The number of Topliss-reactive ketones (excluding diaryl/α,β-unsaturated/α-hetero) is 1. The summed E-state index contributed by atoms with van der Waals surface area (Å²) in [4.78, 5) is 35.1. The van der Waals surface area contributed by atoms with Crippen molar-refractivity contribution in [3.63, 3.8) is 0 Å². The van der Waals surface area contributed by atoms with Crippen molar-refractivity contribution in [2.75, 3.05) is 18.5 Å². The predicted molar refractivity (Wildman–Crippen MR) is 90.9 cm³/mol.